The molecule has 1 saturated heterocycles. The van der Waals surface area contributed by atoms with Gasteiger partial charge in [-0.2, -0.15) is 0 Å². The Kier molecular flexibility index (Phi) is 8.22. The lowest BCUT2D eigenvalue weighted by Crippen LogP contribution is -2.48. The van der Waals surface area contributed by atoms with Crippen LogP contribution in [0.3, 0.4) is 0 Å². The van der Waals surface area contributed by atoms with Crippen LogP contribution in [0.4, 0.5) is 0 Å². The molecule has 5 nitrogen and oxygen atoms in total. The van der Waals surface area contributed by atoms with E-state index in [4.69, 9.17) is 9.47 Å². The highest BCUT2D eigenvalue weighted by Crippen LogP contribution is 2.19. The maximum atomic E-state index is 11.8. The number of esters is 1. The molecule has 1 rings (SSSR count). The molecule has 1 heterocycles. The molecule has 0 spiro atoms. The molecule has 0 bridgehead atoms. The number of hydrogen-bond donors (Lipinski definition) is 1. The summed E-state index contributed by atoms with van der Waals surface area (Å²) in [5.74, 6) is 0.504. The van der Waals surface area contributed by atoms with Crippen LogP contribution in [-0.2, 0) is 14.3 Å². The van der Waals surface area contributed by atoms with Crippen molar-refractivity contribution in [2.24, 2.45) is 5.92 Å². The smallest absolute Gasteiger partial charge is 0.325 e. The molecule has 0 aromatic carbocycles. The van der Waals surface area contributed by atoms with E-state index in [-0.39, 0.29) is 5.97 Å². The normalized spacial score (nSPS) is 22.8. The maximum Gasteiger partial charge on any atom is 0.325 e. The van der Waals surface area contributed by atoms with Crippen LogP contribution in [0.25, 0.3) is 0 Å². The van der Waals surface area contributed by atoms with Crippen molar-refractivity contribution in [1.29, 1.82) is 0 Å². The second kappa shape index (κ2) is 9.38. The number of rotatable bonds is 9. The Morgan fingerprint density at radius 3 is 2.76 bits per heavy atom. The van der Waals surface area contributed by atoms with Gasteiger partial charge in [0.25, 0.3) is 0 Å². The third kappa shape index (κ3) is 5.93. The van der Waals surface area contributed by atoms with Gasteiger partial charge < -0.3 is 19.7 Å². The summed E-state index contributed by atoms with van der Waals surface area (Å²) in [6, 6.07) is 0. The lowest BCUT2D eigenvalue weighted by Gasteiger charge is -2.32. The average Bonchev–Trinajstić information content (AvgIpc) is 2.51. The van der Waals surface area contributed by atoms with E-state index in [0.29, 0.717) is 5.92 Å². The zero-order valence-electron chi connectivity index (χ0n) is 14.1. The van der Waals surface area contributed by atoms with Crippen LogP contribution >= 0.6 is 0 Å². The summed E-state index contributed by atoms with van der Waals surface area (Å²) in [5.41, 5.74) is -0.560. The number of methoxy groups -OCH3 is 2. The zero-order chi connectivity index (χ0) is 15.7. The number of ether oxygens (including phenoxy) is 2. The molecular formula is C16H32N2O3. The molecule has 1 aliphatic heterocycles. The van der Waals surface area contributed by atoms with E-state index in [2.05, 4.69) is 10.2 Å². The van der Waals surface area contributed by atoms with E-state index in [1.54, 1.807) is 7.11 Å². The van der Waals surface area contributed by atoms with Crippen molar-refractivity contribution in [3.63, 3.8) is 0 Å². The Hall–Kier alpha value is -0.650. The molecular weight excluding hydrogens is 268 g/mol. The molecule has 0 aromatic heterocycles. The third-order valence-corrected chi connectivity index (χ3v) is 4.59. The van der Waals surface area contributed by atoms with Crippen molar-refractivity contribution < 1.29 is 14.3 Å². The number of carbonyl (C=O) groups excluding carboxylic acids is 1. The third-order valence-electron chi connectivity index (χ3n) is 4.59. The second-order valence-corrected chi connectivity index (χ2v) is 6.29. The summed E-state index contributed by atoms with van der Waals surface area (Å²) in [7, 11) is 5.04. The van der Waals surface area contributed by atoms with Crippen molar-refractivity contribution in [3.05, 3.63) is 0 Å². The highest BCUT2D eigenvalue weighted by molar-refractivity contribution is 5.80. The number of likely N-dealkylation sites (N-methyl/N-ethyl adjacent to an activating group) is 1. The fourth-order valence-electron chi connectivity index (χ4n) is 3.09. The Bertz CT molecular complexity index is 310. The molecule has 1 N–H and O–H groups in total. The fourth-order valence-corrected chi connectivity index (χ4v) is 3.09. The fraction of sp³-hybridized carbons (Fsp3) is 0.938. The van der Waals surface area contributed by atoms with Gasteiger partial charge in [0.2, 0.25) is 0 Å². The highest BCUT2D eigenvalue weighted by atomic mass is 16.5. The quantitative estimate of drug-likeness (QED) is 0.518. The van der Waals surface area contributed by atoms with Gasteiger partial charge in [0.05, 0.1) is 13.7 Å². The summed E-state index contributed by atoms with van der Waals surface area (Å²) < 4.78 is 10.1. The predicted molar refractivity (Wildman–Crippen MR) is 84.4 cm³/mol. The minimum absolute atomic E-state index is 0.178. The minimum atomic E-state index is -0.560. The summed E-state index contributed by atoms with van der Waals surface area (Å²) in [6.45, 7) is 6.24. The molecule has 0 aliphatic carbocycles. The van der Waals surface area contributed by atoms with Gasteiger partial charge in [0.1, 0.15) is 5.54 Å². The van der Waals surface area contributed by atoms with Crippen LogP contribution in [0.2, 0.25) is 0 Å². The highest BCUT2D eigenvalue weighted by Gasteiger charge is 2.31. The Morgan fingerprint density at radius 2 is 2.14 bits per heavy atom. The van der Waals surface area contributed by atoms with Gasteiger partial charge in [-0.05, 0) is 65.1 Å². The lowest BCUT2D eigenvalue weighted by atomic mass is 9.94. The molecule has 0 saturated carbocycles. The number of likely N-dealkylation sites (tertiary alicyclic amines) is 1. The van der Waals surface area contributed by atoms with Gasteiger partial charge in [-0.3, -0.25) is 4.79 Å². The van der Waals surface area contributed by atoms with Crippen molar-refractivity contribution in [2.75, 3.05) is 47.5 Å². The molecule has 2 atom stereocenters. The monoisotopic (exact) mass is 300 g/mol. The topological polar surface area (TPSA) is 50.8 Å². The number of carbonyl (C=O) groups is 1. The number of piperidine rings is 1. The number of nitrogens with one attached hydrogen (secondary N) is 1. The standard InChI is InChI=1S/C16H32N2O3/c1-16(17-2,15(19)21-4)9-5-6-10-18-11-7-8-14(12-18)13-20-3/h14,17H,5-13H2,1-4H3. The van der Waals surface area contributed by atoms with Gasteiger partial charge >= 0.3 is 5.97 Å². The number of hydrogen-bond acceptors (Lipinski definition) is 5. The van der Waals surface area contributed by atoms with Crippen LogP contribution in [0, 0.1) is 5.92 Å². The van der Waals surface area contributed by atoms with Crippen molar-refractivity contribution >= 4 is 5.97 Å². The van der Waals surface area contributed by atoms with Crippen molar-refractivity contribution in [3.8, 4) is 0 Å². The lowest BCUT2D eigenvalue weighted by molar-refractivity contribution is -0.148. The van der Waals surface area contributed by atoms with Crippen LogP contribution < -0.4 is 5.32 Å². The maximum absolute atomic E-state index is 11.8. The van der Waals surface area contributed by atoms with Gasteiger partial charge in [-0.25, -0.2) is 0 Å². The summed E-state index contributed by atoms with van der Waals surface area (Å²) in [6.07, 6.45) is 5.51. The predicted octanol–water partition coefficient (Wildman–Crippen LogP) is 1.67. The molecule has 2 unspecified atom stereocenters. The van der Waals surface area contributed by atoms with E-state index < -0.39 is 5.54 Å². The van der Waals surface area contributed by atoms with E-state index in [0.717, 1.165) is 39.0 Å². The number of unbranched alkanes of at least 4 members (excludes halogenated alkanes) is 1. The first-order valence-electron chi connectivity index (χ1n) is 8.04. The Morgan fingerprint density at radius 1 is 1.38 bits per heavy atom. The van der Waals surface area contributed by atoms with E-state index in [1.165, 1.54) is 26.5 Å². The van der Waals surface area contributed by atoms with Gasteiger partial charge in [0.15, 0.2) is 0 Å². The van der Waals surface area contributed by atoms with Crippen molar-refractivity contribution in [2.45, 2.75) is 44.6 Å². The van der Waals surface area contributed by atoms with Crippen LogP contribution in [-0.4, -0.2) is 63.9 Å². The first-order chi connectivity index (χ1) is 10.1. The van der Waals surface area contributed by atoms with Gasteiger partial charge in [-0.15, -0.1) is 0 Å². The van der Waals surface area contributed by atoms with Crippen molar-refractivity contribution in [1.82, 2.24) is 10.2 Å². The zero-order valence-corrected chi connectivity index (χ0v) is 14.1. The SMILES string of the molecule is CNC(C)(CCCCN1CCCC(COC)C1)C(=O)OC. The summed E-state index contributed by atoms with van der Waals surface area (Å²) in [4.78, 5) is 14.3. The van der Waals surface area contributed by atoms with E-state index in [1.807, 2.05) is 14.0 Å². The molecule has 5 heteroatoms. The Labute approximate surface area is 129 Å². The first kappa shape index (κ1) is 18.4. The van der Waals surface area contributed by atoms with E-state index in [9.17, 15) is 4.79 Å². The first-order valence-corrected chi connectivity index (χ1v) is 8.04. The van der Waals surface area contributed by atoms with Crippen LogP contribution in [0.1, 0.15) is 39.0 Å². The molecule has 21 heavy (non-hydrogen) atoms. The molecule has 124 valence electrons. The molecule has 1 aliphatic rings. The molecule has 0 amide bonds. The average molecular weight is 300 g/mol. The minimum Gasteiger partial charge on any atom is -0.468 e. The van der Waals surface area contributed by atoms with Gasteiger partial charge in [0, 0.05) is 13.7 Å². The van der Waals surface area contributed by atoms with Gasteiger partial charge in [-0.1, -0.05) is 0 Å². The van der Waals surface area contributed by atoms with E-state index >= 15 is 0 Å². The summed E-state index contributed by atoms with van der Waals surface area (Å²) >= 11 is 0. The van der Waals surface area contributed by atoms with Crippen LogP contribution in [0.15, 0.2) is 0 Å². The van der Waals surface area contributed by atoms with Crippen LogP contribution in [0.5, 0.6) is 0 Å². The largest absolute Gasteiger partial charge is 0.468 e. The second-order valence-electron chi connectivity index (χ2n) is 6.29. The Balaban J connectivity index is 2.25. The number of nitrogens with zero attached hydrogens (tertiary/aromatic N) is 1. The molecule has 0 aromatic rings. The molecule has 0 radical (unpaired) electrons. The summed E-state index contributed by atoms with van der Waals surface area (Å²) in [5, 5.41) is 3.09. The molecule has 1 fully saturated rings.